The quantitative estimate of drug-likeness (QED) is 0.0656. The number of ether oxygens (including phenoxy) is 4. The highest BCUT2D eigenvalue weighted by Crippen LogP contribution is 2.43. The normalized spacial score (nSPS) is 25.9. The Morgan fingerprint density at radius 3 is 2.59 bits per heavy atom. The van der Waals surface area contributed by atoms with Gasteiger partial charge in [-0.15, -0.1) is 23.1 Å². The van der Waals surface area contributed by atoms with Gasteiger partial charge in [0.2, 0.25) is 12.2 Å². The molecule has 0 bridgehead atoms. The zero-order valence-electron chi connectivity index (χ0n) is 24.0. The van der Waals surface area contributed by atoms with Crippen LogP contribution in [0.25, 0.3) is 0 Å². The van der Waals surface area contributed by atoms with E-state index >= 15 is 0 Å². The predicted octanol–water partition coefficient (Wildman–Crippen LogP) is 1.51. The molecule has 3 unspecified atom stereocenters. The van der Waals surface area contributed by atoms with Crippen LogP contribution in [0.2, 0.25) is 0 Å². The minimum absolute atomic E-state index is 0.0529. The lowest BCUT2D eigenvalue weighted by Crippen LogP contribution is -2.74. The molecule has 18 heteroatoms. The number of hydrogen-bond acceptors (Lipinski definition) is 15. The third-order valence-corrected chi connectivity index (χ3v) is 10.1. The first-order chi connectivity index (χ1) is 21.1. The monoisotopic (exact) mass is 654 g/mol. The summed E-state index contributed by atoms with van der Waals surface area (Å²) in [6, 6.07) is -0.977. The maximum absolute atomic E-state index is 13.6. The lowest BCUT2D eigenvalue weighted by atomic mass is 9.88. The number of nitrogens with zero attached hydrogens (tertiary/aromatic N) is 4. The highest BCUT2D eigenvalue weighted by Gasteiger charge is 2.59. The maximum atomic E-state index is 13.6. The fourth-order valence-electron chi connectivity index (χ4n) is 5.29. The van der Waals surface area contributed by atoms with Gasteiger partial charge in [-0.05, 0) is 32.1 Å². The first kappa shape index (κ1) is 31.6. The highest BCUT2D eigenvalue weighted by atomic mass is 32.2. The second-order valence-electron chi connectivity index (χ2n) is 11.0. The van der Waals surface area contributed by atoms with Crippen LogP contribution in [0.15, 0.2) is 10.5 Å². The van der Waals surface area contributed by atoms with Crippen LogP contribution in [0.3, 0.4) is 0 Å². The lowest BCUT2D eigenvalue weighted by Gasteiger charge is -2.53. The molecule has 5 rings (SSSR count). The molecule has 4 N–H and O–H groups in total. The molecule has 3 saturated heterocycles. The summed E-state index contributed by atoms with van der Waals surface area (Å²) in [7, 11) is 0. The molecule has 4 fully saturated rings. The number of oxime groups is 1. The molecule has 1 aromatic rings. The topological polar surface area (TPSA) is 212 Å². The summed E-state index contributed by atoms with van der Waals surface area (Å²) in [6.45, 7) is 1.90. The Hall–Kier alpha value is -3.80. The number of thioether (sulfide) groups is 1. The van der Waals surface area contributed by atoms with Crippen LogP contribution in [0, 0.1) is 5.41 Å². The number of nitrogens with one attached hydrogen (secondary N) is 1. The third-order valence-electron chi connectivity index (χ3n) is 7.88. The number of fused-ring (bicyclic) bond motifs is 1. The van der Waals surface area contributed by atoms with Crippen LogP contribution < -0.4 is 11.1 Å². The van der Waals surface area contributed by atoms with Crippen molar-refractivity contribution in [3.05, 3.63) is 11.1 Å². The maximum Gasteiger partial charge on any atom is 0.511 e. The smallest absolute Gasteiger partial charge is 0.448 e. The number of carbonyl (C=O) groups is 5. The molecule has 0 aromatic carbocycles. The minimum Gasteiger partial charge on any atom is -0.448 e. The number of carbonyl (C=O) groups excluding carboxylic acids is 5. The molecular formula is C26H34N6O10S2. The summed E-state index contributed by atoms with van der Waals surface area (Å²) in [4.78, 5) is 71.1. The molecule has 16 nitrogen and oxygen atoms in total. The lowest BCUT2D eigenvalue weighted by molar-refractivity contribution is -0.185. The Morgan fingerprint density at radius 1 is 1.20 bits per heavy atom. The van der Waals surface area contributed by atoms with Gasteiger partial charge >= 0.3 is 18.2 Å². The number of β-lactam (4-membered cyclic amide) rings is 1. The third kappa shape index (κ3) is 6.80. The number of likely N-dealkylation sites (tertiary alicyclic amines) is 1. The van der Waals surface area contributed by atoms with E-state index in [-0.39, 0.29) is 35.8 Å². The van der Waals surface area contributed by atoms with Gasteiger partial charge in [-0.3, -0.25) is 14.4 Å². The Balaban J connectivity index is 1.22. The number of anilines is 1. The fraction of sp³-hybridized carbons (Fsp3) is 0.654. The van der Waals surface area contributed by atoms with E-state index < -0.39 is 58.9 Å². The predicted molar refractivity (Wildman–Crippen MR) is 155 cm³/mol. The van der Waals surface area contributed by atoms with Crippen LogP contribution in [-0.2, 0) is 33.3 Å². The molecule has 0 spiro atoms. The van der Waals surface area contributed by atoms with Crippen molar-refractivity contribution in [3.63, 3.8) is 0 Å². The van der Waals surface area contributed by atoms with Gasteiger partial charge in [0.05, 0.1) is 0 Å². The van der Waals surface area contributed by atoms with E-state index in [9.17, 15) is 29.2 Å². The second kappa shape index (κ2) is 13.5. The standard InChI is InChI=1S/C26H34N6O10S2/c1-14(41-25(37)42-15-6-3-2-4-7-15)40-22(35)26(12-39-24(36)31-8-5-9-31)11-32-20(34)18(21(32)44-13-26)29-19(33)17(30-38)16-10-43-23(27)28-16/h10,14-15,18,21,38H,2-9,11-13H2,1H3,(H2,27,28)(H,29,33)/t14?,18?,21-,26?/m1/s1. The average Bonchev–Trinajstić information content (AvgIpc) is 3.39. The van der Waals surface area contributed by atoms with E-state index in [0.29, 0.717) is 13.1 Å². The molecule has 0 radical (unpaired) electrons. The SMILES string of the molecule is CC(OC(=O)OC1CCCCC1)OC(=O)C1(COC(=O)N2CCC2)CS[C@@H]2C(NC(=O)C(=NO)c3csc(N)n3)C(=O)N2C1. The van der Waals surface area contributed by atoms with Crippen LogP contribution in [0.5, 0.6) is 0 Å². The first-order valence-corrected chi connectivity index (χ1v) is 16.2. The summed E-state index contributed by atoms with van der Waals surface area (Å²) in [5.41, 5.74) is 3.77. The summed E-state index contributed by atoms with van der Waals surface area (Å²) in [5, 5.41) is 16.0. The molecule has 240 valence electrons. The van der Waals surface area contributed by atoms with E-state index in [1.54, 1.807) is 0 Å². The number of thiazole rings is 1. The van der Waals surface area contributed by atoms with Crippen LogP contribution in [-0.4, -0.2) is 112 Å². The molecule has 1 saturated carbocycles. The van der Waals surface area contributed by atoms with Crippen molar-refractivity contribution < 1.29 is 48.1 Å². The van der Waals surface area contributed by atoms with Crippen molar-refractivity contribution in [1.82, 2.24) is 20.1 Å². The average molecular weight is 655 g/mol. The van der Waals surface area contributed by atoms with Crippen molar-refractivity contribution in [3.8, 4) is 0 Å². The van der Waals surface area contributed by atoms with Crippen LogP contribution in [0.4, 0.5) is 14.7 Å². The van der Waals surface area contributed by atoms with Crippen molar-refractivity contribution in [2.24, 2.45) is 10.6 Å². The molecule has 4 heterocycles. The Kier molecular flexibility index (Phi) is 9.67. The molecule has 1 aliphatic carbocycles. The number of rotatable bonds is 9. The number of hydrogen-bond donors (Lipinski definition) is 3. The van der Waals surface area contributed by atoms with Gasteiger partial charge in [-0.1, -0.05) is 11.6 Å². The fourth-order valence-corrected chi connectivity index (χ4v) is 7.35. The van der Waals surface area contributed by atoms with E-state index in [1.807, 2.05) is 0 Å². The largest absolute Gasteiger partial charge is 0.511 e. The summed E-state index contributed by atoms with van der Waals surface area (Å²) < 4.78 is 21.5. The van der Waals surface area contributed by atoms with E-state index in [0.717, 1.165) is 49.9 Å². The summed E-state index contributed by atoms with van der Waals surface area (Å²) >= 11 is 2.23. The van der Waals surface area contributed by atoms with Gasteiger partial charge in [0, 0.05) is 37.7 Å². The van der Waals surface area contributed by atoms with E-state index in [2.05, 4.69) is 15.5 Å². The molecule has 4 aliphatic rings. The molecule has 1 aromatic heterocycles. The molecule has 3 aliphatic heterocycles. The van der Waals surface area contributed by atoms with Crippen molar-refractivity contribution in [2.75, 3.05) is 37.7 Å². The number of esters is 1. The van der Waals surface area contributed by atoms with E-state index in [4.69, 9.17) is 24.7 Å². The Bertz CT molecular complexity index is 1320. The first-order valence-electron chi connectivity index (χ1n) is 14.3. The van der Waals surface area contributed by atoms with Gasteiger partial charge in [-0.25, -0.2) is 14.6 Å². The number of nitrogen functional groups attached to an aromatic ring is 1. The van der Waals surface area contributed by atoms with Crippen molar-refractivity contribution in [1.29, 1.82) is 0 Å². The zero-order valence-corrected chi connectivity index (χ0v) is 25.6. The van der Waals surface area contributed by atoms with Crippen molar-refractivity contribution in [2.45, 2.75) is 69.3 Å². The highest BCUT2D eigenvalue weighted by molar-refractivity contribution is 8.00. The molecule has 4 atom stereocenters. The minimum atomic E-state index is -1.48. The molecule has 3 amide bonds. The van der Waals surface area contributed by atoms with Gasteiger partial charge in [0.25, 0.3) is 5.91 Å². The van der Waals surface area contributed by atoms with Gasteiger partial charge in [-0.2, -0.15) is 0 Å². The van der Waals surface area contributed by atoms with Crippen LogP contribution >= 0.6 is 23.1 Å². The molecule has 44 heavy (non-hydrogen) atoms. The van der Waals surface area contributed by atoms with Crippen molar-refractivity contribution >= 4 is 64.0 Å². The number of amides is 3. The second-order valence-corrected chi connectivity index (χ2v) is 13.0. The summed E-state index contributed by atoms with van der Waals surface area (Å²) in [5.74, 6) is -2.10. The van der Waals surface area contributed by atoms with Gasteiger partial charge in [0.1, 0.15) is 35.2 Å². The van der Waals surface area contributed by atoms with Crippen LogP contribution in [0.1, 0.15) is 51.1 Å². The Labute approximate surface area is 260 Å². The number of nitrogens with two attached hydrogens (primary N) is 1. The number of aromatic nitrogens is 1. The zero-order chi connectivity index (χ0) is 31.4. The van der Waals surface area contributed by atoms with E-state index in [1.165, 1.54) is 33.9 Å². The van der Waals surface area contributed by atoms with Gasteiger partial charge < -0.3 is 45.0 Å². The van der Waals surface area contributed by atoms with Gasteiger partial charge in [0.15, 0.2) is 10.8 Å². The molecular weight excluding hydrogens is 620 g/mol. The Morgan fingerprint density at radius 2 is 1.95 bits per heavy atom. The summed E-state index contributed by atoms with van der Waals surface area (Å²) in [6.07, 6.45) is 2.23.